The second-order valence-corrected chi connectivity index (χ2v) is 2.83. The zero-order valence-corrected chi connectivity index (χ0v) is 8.04. The largest absolute Gasteiger partial charge is 0.386 e. The molecule has 5 heteroatoms. The molecule has 3 N–H and O–H groups in total. The fourth-order valence-corrected chi connectivity index (χ4v) is 1.13. The second-order valence-electron chi connectivity index (χ2n) is 2.83. The van der Waals surface area contributed by atoms with E-state index >= 15 is 0 Å². The van der Waals surface area contributed by atoms with Crippen LogP contribution in [0.25, 0.3) is 0 Å². The van der Waals surface area contributed by atoms with E-state index in [4.69, 9.17) is 11.1 Å². The molecule has 0 aliphatic heterocycles. The van der Waals surface area contributed by atoms with Gasteiger partial charge in [0, 0.05) is 12.8 Å². The van der Waals surface area contributed by atoms with Crippen LogP contribution in [-0.4, -0.2) is 20.6 Å². The third-order valence-corrected chi connectivity index (χ3v) is 1.74. The van der Waals surface area contributed by atoms with E-state index < -0.39 is 0 Å². The molecule has 0 atom stereocenters. The van der Waals surface area contributed by atoms with Crippen LogP contribution in [0.1, 0.15) is 25.5 Å². The normalized spacial score (nSPS) is 10.3. The summed E-state index contributed by atoms with van der Waals surface area (Å²) in [5, 5.41) is 11.4. The van der Waals surface area contributed by atoms with Crippen LogP contribution in [0.4, 0.5) is 0 Å². The zero-order valence-electron chi connectivity index (χ0n) is 8.04. The molecule has 1 heterocycles. The third-order valence-electron chi connectivity index (χ3n) is 1.74. The number of hydrogen-bond acceptors (Lipinski definition) is 3. The van der Waals surface area contributed by atoms with E-state index in [9.17, 15) is 0 Å². The number of nitrogens with zero attached hydrogens (tertiary/aromatic N) is 3. The van der Waals surface area contributed by atoms with Gasteiger partial charge < -0.3 is 5.73 Å². The highest BCUT2D eigenvalue weighted by Crippen LogP contribution is 2.00. The van der Waals surface area contributed by atoms with Crippen molar-refractivity contribution in [1.82, 2.24) is 14.8 Å². The highest BCUT2D eigenvalue weighted by atomic mass is 15.3. The van der Waals surface area contributed by atoms with Crippen molar-refractivity contribution >= 4 is 5.84 Å². The molecule has 5 nitrogen and oxygen atoms in total. The van der Waals surface area contributed by atoms with Crippen molar-refractivity contribution in [3.8, 4) is 0 Å². The van der Waals surface area contributed by atoms with Crippen molar-refractivity contribution in [2.24, 2.45) is 5.73 Å². The van der Waals surface area contributed by atoms with E-state index in [-0.39, 0.29) is 5.84 Å². The maximum atomic E-state index is 7.16. The lowest BCUT2D eigenvalue weighted by atomic mass is 10.4. The molecule has 0 aromatic carbocycles. The van der Waals surface area contributed by atoms with E-state index in [0.717, 1.165) is 24.5 Å². The Kier molecular flexibility index (Phi) is 3.00. The fourth-order valence-electron chi connectivity index (χ4n) is 1.13. The van der Waals surface area contributed by atoms with Gasteiger partial charge in [-0.05, 0) is 0 Å². The quantitative estimate of drug-likeness (QED) is 0.519. The van der Waals surface area contributed by atoms with Crippen LogP contribution in [-0.2, 0) is 19.4 Å². The molecule has 0 saturated carbocycles. The topological polar surface area (TPSA) is 80.6 Å². The Hall–Kier alpha value is -1.39. The predicted octanol–water partition coefficient (Wildman–Crippen LogP) is 0.339. The van der Waals surface area contributed by atoms with Gasteiger partial charge in [0.2, 0.25) is 0 Å². The molecule has 0 fully saturated rings. The summed E-state index contributed by atoms with van der Waals surface area (Å²) in [4.78, 5) is 4.30. The number of hydrogen-bond donors (Lipinski definition) is 2. The van der Waals surface area contributed by atoms with Crippen LogP contribution >= 0.6 is 0 Å². The van der Waals surface area contributed by atoms with Gasteiger partial charge >= 0.3 is 0 Å². The molecule has 0 aliphatic rings. The summed E-state index contributed by atoms with van der Waals surface area (Å²) >= 11 is 0. The first-order valence-electron chi connectivity index (χ1n) is 4.42. The lowest BCUT2D eigenvalue weighted by molar-refractivity contribution is 0.662. The van der Waals surface area contributed by atoms with Gasteiger partial charge in [0.25, 0.3) is 0 Å². The number of rotatable bonds is 4. The second kappa shape index (κ2) is 4.02. The first-order chi connectivity index (χ1) is 6.17. The van der Waals surface area contributed by atoms with E-state index in [1.54, 1.807) is 4.68 Å². The monoisotopic (exact) mass is 181 g/mol. The van der Waals surface area contributed by atoms with E-state index in [2.05, 4.69) is 10.1 Å². The van der Waals surface area contributed by atoms with Gasteiger partial charge in [-0.25, -0.2) is 9.67 Å². The number of nitrogens with one attached hydrogen (secondary N) is 1. The first-order valence-corrected chi connectivity index (χ1v) is 4.42. The van der Waals surface area contributed by atoms with Crippen molar-refractivity contribution in [1.29, 1.82) is 5.41 Å². The first kappa shape index (κ1) is 9.70. The number of nitrogens with two attached hydrogens (primary N) is 1. The van der Waals surface area contributed by atoms with Crippen molar-refractivity contribution in [2.75, 3.05) is 0 Å². The SMILES string of the molecule is CCc1nc(CC)n(CC(=N)N)n1. The molecule has 0 aliphatic carbocycles. The van der Waals surface area contributed by atoms with Crippen LogP contribution in [0.5, 0.6) is 0 Å². The molecule has 0 radical (unpaired) electrons. The van der Waals surface area contributed by atoms with Crippen LogP contribution in [0.3, 0.4) is 0 Å². The molecule has 1 rings (SSSR count). The fraction of sp³-hybridized carbons (Fsp3) is 0.625. The van der Waals surface area contributed by atoms with Gasteiger partial charge in [-0.3, -0.25) is 5.41 Å². The third kappa shape index (κ3) is 2.27. The minimum Gasteiger partial charge on any atom is -0.386 e. The lowest BCUT2D eigenvalue weighted by Gasteiger charge is -2.00. The van der Waals surface area contributed by atoms with Gasteiger partial charge in [0.05, 0.1) is 6.54 Å². The summed E-state index contributed by atoms with van der Waals surface area (Å²) in [6.07, 6.45) is 1.64. The summed E-state index contributed by atoms with van der Waals surface area (Å²) in [7, 11) is 0. The molecule has 1 aromatic rings. The van der Waals surface area contributed by atoms with E-state index in [0.29, 0.717) is 6.54 Å². The molecule has 0 saturated heterocycles. The zero-order chi connectivity index (χ0) is 9.84. The van der Waals surface area contributed by atoms with Gasteiger partial charge in [-0.1, -0.05) is 13.8 Å². The van der Waals surface area contributed by atoms with Gasteiger partial charge in [0.1, 0.15) is 11.7 Å². The Balaban J connectivity index is 2.90. The molecule has 0 spiro atoms. The van der Waals surface area contributed by atoms with Crippen LogP contribution < -0.4 is 5.73 Å². The molecule has 1 aromatic heterocycles. The minimum atomic E-state index is 0.113. The highest BCUT2D eigenvalue weighted by Gasteiger charge is 2.06. The number of aromatic nitrogens is 3. The molecular weight excluding hydrogens is 166 g/mol. The smallest absolute Gasteiger partial charge is 0.150 e. The summed E-state index contributed by atoms with van der Waals surface area (Å²) in [5.74, 6) is 1.83. The number of amidine groups is 1. The average molecular weight is 181 g/mol. The number of aryl methyl sites for hydroxylation is 2. The summed E-state index contributed by atoms with van der Waals surface area (Å²) < 4.78 is 1.70. The standard InChI is InChI=1S/C8H15N5/c1-3-7-11-8(4-2)13(12-7)5-6(9)10/h3-5H2,1-2H3,(H3,9,10). The Morgan fingerprint density at radius 2 is 2.15 bits per heavy atom. The molecule has 0 unspecified atom stereocenters. The maximum absolute atomic E-state index is 7.16. The van der Waals surface area contributed by atoms with E-state index in [1.807, 2.05) is 13.8 Å². The Morgan fingerprint density at radius 3 is 2.62 bits per heavy atom. The Morgan fingerprint density at radius 1 is 1.46 bits per heavy atom. The Bertz CT molecular complexity index is 301. The van der Waals surface area contributed by atoms with Crippen molar-refractivity contribution in [3.05, 3.63) is 11.6 Å². The molecule has 72 valence electrons. The van der Waals surface area contributed by atoms with Crippen molar-refractivity contribution in [2.45, 2.75) is 33.2 Å². The van der Waals surface area contributed by atoms with Crippen molar-refractivity contribution < 1.29 is 0 Å². The van der Waals surface area contributed by atoms with Crippen LogP contribution in [0.2, 0.25) is 0 Å². The molecular formula is C8H15N5. The van der Waals surface area contributed by atoms with Crippen LogP contribution in [0, 0.1) is 5.41 Å². The molecule has 0 amide bonds. The van der Waals surface area contributed by atoms with Crippen molar-refractivity contribution in [3.63, 3.8) is 0 Å². The van der Waals surface area contributed by atoms with Gasteiger partial charge in [-0.2, -0.15) is 5.10 Å². The van der Waals surface area contributed by atoms with Gasteiger partial charge in [-0.15, -0.1) is 0 Å². The van der Waals surface area contributed by atoms with E-state index in [1.165, 1.54) is 0 Å². The lowest BCUT2D eigenvalue weighted by Crippen LogP contribution is -2.20. The van der Waals surface area contributed by atoms with Gasteiger partial charge in [0.15, 0.2) is 5.82 Å². The predicted molar refractivity (Wildman–Crippen MR) is 50.7 cm³/mol. The average Bonchev–Trinajstić information content (AvgIpc) is 2.46. The van der Waals surface area contributed by atoms with Crippen LogP contribution in [0.15, 0.2) is 0 Å². The highest BCUT2D eigenvalue weighted by molar-refractivity contribution is 5.76. The minimum absolute atomic E-state index is 0.113. The Labute approximate surface area is 77.5 Å². The molecule has 13 heavy (non-hydrogen) atoms. The summed E-state index contributed by atoms with van der Waals surface area (Å²) in [6, 6.07) is 0. The summed E-state index contributed by atoms with van der Waals surface area (Å²) in [6.45, 7) is 4.36. The maximum Gasteiger partial charge on any atom is 0.150 e. The summed E-state index contributed by atoms with van der Waals surface area (Å²) in [5.41, 5.74) is 5.29. The molecule has 0 bridgehead atoms.